The van der Waals surface area contributed by atoms with Gasteiger partial charge in [0, 0.05) is 28.4 Å². The summed E-state index contributed by atoms with van der Waals surface area (Å²) >= 11 is 0. The van der Waals surface area contributed by atoms with Crippen LogP contribution >= 0.6 is 0 Å². The summed E-state index contributed by atoms with van der Waals surface area (Å²) in [5.41, 5.74) is 6.13. The Kier molecular flexibility index (Phi) is 2.83. The molecule has 1 N–H and O–H groups in total. The summed E-state index contributed by atoms with van der Waals surface area (Å²) in [5, 5.41) is 11.9. The molecule has 2 heteroatoms. The van der Waals surface area contributed by atoms with Crippen LogP contribution in [0.25, 0.3) is 21.8 Å². The lowest BCUT2D eigenvalue weighted by Crippen LogP contribution is -1.93. The second kappa shape index (κ2) is 4.39. The molecule has 0 radical (unpaired) electrons. The predicted molar refractivity (Wildman–Crippen MR) is 80.5 cm³/mol. The zero-order chi connectivity index (χ0) is 13.6. The average molecular weight is 253 g/mol. The highest BCUT2D eigenvalue weighted by Gasteiger charge is 2.12. The fourth-order valence-electron chi connectivity index (χ4n) is 3.10. The minimum atomic E-state index is 0.0969. The third-order valence-electron chi connectivity index (χ3n) is 3.87. The smallest absolute Gasteiger partial charge is 0.0682 e. The van der Waals surface area contributed by atoms with Gasteiger partial charge < -0.3 is 9.67 Å². The molecule has 0 fully saturated rings. The number of hydrogen-bond acceptors (Lipinski definition) is 1. The Bertz CT molecular complexity index is 768. The molecule has 0 amide bonds. The van der Waals surface area contributed by atoms with Crippen molar-refractivity contribution in [3.05, 3.63) is 47.0 Å². The number of aromatic nitrogens is 1. The van der Waals surface area contributed by atoms with Crippen LogP contribution in [0.15, 0.2) is 30.3 Å². The molecule has 0 unspecified atom stereocenters. The third-order valence-corrected chi connectivity index (χ3v) is 3.87. The van der Waals surface area contributed by atoms with E-state index in [2.05, 4.69) is 49.6 Å². The first-order valence-electron chi connectivity index (χ1n) is 6.78. The van der Waals surface area contributed by atoms with Crippen molar-refractivity contribution in [2.45, 2.75) is 33.9 Å². The van der Waals surface area contributed by atoms with Gasteiger partial charge >= 0.3 is 0 Å². The van der Waals surface area contributed by atoms with Crippen molar-refractivity contribution in [3.8, 4) is 0 Å². The number of benzene rings is 2. The van der Waals surface area contributed by atoms with Crippen LogP contribution < -0.4 is 0 Å². The summed E-state index contributed by atoms with van der Waals surface area (Å²) in [5.74, 6) is 0. The molecule has 2 nitrogen and oxygen atoms in total. The monoisotopic (exact) mass is 253 g/mol. The van der Waals surface area contributed by atoms with Gasteiger partial charge in [0.2, 0.25) is 0 Å². The van der Waals surface area contributed by atoms with Crippen LogP contribution in [0.5, 0.6) is 0 Å². The molecule has 1 heterocycles. The highest BCUT2D eigenvalue weighted by molar-refractivity contribution is 6.10. The first-order valence-corrected chi connectivity index (χ1v) is 6.78. The fraction of sp³-hybridized carbons (Fsp3) is 0.294. The molecule has 0 aliphatic rings. The normalized spacial score (nSPS) is 11.6. The number of aliphatic hydroxyl groups excluding tert-OH is 1. The predicted octanol–water partition coefficient (Wildman–Crippen LogP) is 3.92. The molecule has 0 aliphatic carbocycles. The van der Waals surface area contributed by atoms with Crippen LogP contribution in [-0.4, -0.2) is 9.67 Å². The maximum Gasteiger partial charge on any atom is 0.0682 e. The fourth-order valence-corrected chi connectivity index (χ4v) is 3.10. The first-order chi connectivity index (χ1) is 9.15. The van der Waals surface area contributed by atoms with Crippen LogP contribution in [0.1, 0.15) is 23.6 Å². The van der Waals surface area contributed by atoms with Gasteiger partial charge in [-0.05, 0) is 55.7 Å². The molecule has 0 saturated carbocycles. The standard InChI is InChI=1S/C17H19NO/c1-4-18-15-6-5-13(10-19)9-14(15)17-12(3)7-11(2)8-16(17)18/h5-9,19H,4,10H2,1-3H3. The van der Waals surface area contributed by atoms with Crippen LogP contribution in [-0.2, 0) is 13.2 Å². The largest absolute Gasteiger partial charge is 0.392 e. The molecule has 0 saturated heterocycles. The molecule has 3 aromatic rings. The van der Waals surface area contributed by atoms with Crippen molar-refractivity contribution >= 4 is 21.8 Å². The van der Waals surface area contributed by atoms with Crippen molar-refractivity contribution in [2.24, 2.45) is 0 Å². The van der Waals surface area contributed by atoms with Gasteiger partial charge in [0.15, 0.2) is 0 Å². The zero-order valence-corrected chi connectivity index (χ0v) is 11.7. The Morgan fingerprint density at radius 2 is 1.84 bits per heavy atom. The molecule has 0 bridgehead atoms. The minimum Gasteiger partial charge on any atom is -0.392 e. The van der Waals surface area contributed by atoms with E-state index in [1.165, 1.54) is 32.9 Å². The lowest BCUT2D eigenvalue weighted by Gasteiger charge is -2.04. The van der Waals surface area contributed by atoms with Crippen molar-refractivity contribution in [2.75, 3.05) is 0 Å². The Morgan fingerprint density at radius 3 is 2.53 bits per heavy atom. The Balaban J connectivity index is 2.54. The van der Waals surface area contributed by atoms with Crippen LogP contribution in [0.3, 0.4) is 0 Å². The van der Waals surface area contributed by atoms with Gasteiger partial charge in [0.1, 0.15) is 0 Å². The van der Waals surface area contributed by atoms with E-state index in [0.29, 0.717) is 0 Å². The van der Waals surface area contributed by atoms with Crippen molar-refractivity contribution < 1.29 is 5.11 Å². The van der Waals surface area contributed by atoms with Gasteiger partial charge in [-0.3, -0.25) is 0 Å². The third kappa shape index (κ3) is 1.75. The molecule has 2 aromatic carbocycles. The molecule has 19 heavy (non-hydrogen) atoms. The highest BCUT2D eigenvalue weighted by Crippen LogP contribution is 2.33. The second-order valence-electron chi connectivity index (χ2n) is 5.23. The number of aryl methyl sites for hydroxylation is 3. The number of fused-ring (bicyclic) bond motifs is 3. The second-order valence-corrected chi connectivity index (χ2v) is 5.23. The lowest BCUT2D eigenvalue weighted by atomic mass is 10.0. The van der Waals surface area contributed by atoms with Gasteiger partial charge in [-0.2, -0.15) is 0 Å². The topological polar surface area (TPSA) is 25.2 Å². The summed E-state index contributed by atoms with van der Waals surface area (Å²) in [6.45, 7) is 7.54. The first kappa shape index (κ1) is 12.2. The van der Waals surface area contributed by atoms with E-state index >= 15 is 0 Å². The summed E-state index contributed by atoms with van der Waals surface area (Å²) in [6.07, 6.45) is 0. The van der Waals surface area contributed by atoms with Gasteiger partial charge in [0.05, 0.1) is 6.61 Å². The molecule has 0 aliphatic heterocycles. The lowest BCUT2D eigenvalue weighted by molar-refractivity contribution is 0.282. The summed E-state index contributed by atoms with van der Waals surface area (Å²) in [4.78, 5) is 0. The molecule has 0 atom stereocenters. The number of aliphatic hydroxyl groups is 1. The minimum absolute atomic E-state index is 0.0969. The van der Waals surface area contributed by atoms with Crippen molar-refractivity contribution in [3.63, 3.8) is 0 Å². The van der Waals surface area contributed by atoms with E-state index in [-0.39, 0.29) is 6.61 Å². The molecule has 3 rings (SSSR count). The van der Waals surface area contributed by atoms with E-state index in [1.807, 2.05) is 6.07 Å². The summed E-state index contributed by atoms with van der Waals surface area (Å²) < 4.78 is 2.35. The summed E-state index contributed by atoms with van der Waals surface area (Å²) in [6, 6.07) is 10.7. The van der Waals surface area contributed by atoms with Gasteiger partial charge in [-0.15, -0.1) is 0 Å². The number of rotatable bonds is 2. The number of nitrogens with zero attached hydrogens (tertiary/aromatic N) is 1. The quantitative estimate of drug-likeness (QED) is 0.735. The Morgan fingerprint density at radius 1 is 1.05 bits per heavy atom. The highest BCUT2D eigenvalue weighted by atomic mass is 16.3. The van der Waals surface area contributed by atoms with Crippen molar-refractivity contribution in [1.82, 2.24) is 4.57 Å². The maximum absolute atomic E-state index is 9.34. The zero-order valence-electron chi connectivity index (χ0n) is 11.7. The molecular formula is C17H19NO. The van der Waals surface area contributed by atoms with E-state index in [4.69, 9.17) is 0 Å². The van der Waals surface area contributed by atoms with Crippen LogP contribution in [0, 0.1) is 13.8 Å². The van der Waals surface area contributed by atoms with Crippen molar-refractivity contribution in [1.29, 1.82) is 0 Å². The Labute approximate surface area is 113 Å². The molecule has 0 spiro atoms. The van der Waals surface area contributed by atoms with Gasteiger partial charge in [-0.25, -0.2) is 0 Å². The van der Waals surface area contributed by atoms with E-state index < -0.39 is 0 Å². The van der Waals surface area contributed by atoms with Gasteiger partial charge in [0.25, 0.3) is 0 Å². The Hall–Kier alpha value is -1.80. The maximum atomic E-state index is 9.34. The van der Waals surface area contributed by atoms with Gasteiger partial charge in [-0.1, -0.05) is 12.1 Å². The molecule has 1 aromatic heterocycles. The van der Waals surface area contributed by atoms with Crippen LogP contribution in [0.2, 0.25) is 0 Å². The summed E-state index contributed by atoms with van der Waals surface area (Å²) in [7, 11) is 0. The van der Waals surface area contributed by atoms with Crippen LogP contribution in [0.4, 0.5) is 0 Å². The van der Waals surface area contributed by atoms with E-state index in [0.717, 1.165) is 12.1 Å². The van der Waals surface area contributed by atoms with E-state index in [9.17, 15) is 5.11 Å². The number of hydrogen-bond donors (Lipinski definition) is 1. The average Bonchev–Trinajstić information content (AvgIpc) is 2.70. The van der Waals surface area contributed by atoms with E-state index in [1.54, 1.807) is 0 Å². The molecule has 98 valence electrons. The SMILES string of the molecule is CCn1c2ccc(CO)cc2c2c(C)cc(C)cc21. The molecular weight excluding hydrogens is 234 g/mol.